The van der Waals surface area contributed by atoms with Gasteiger partial charge in [-0.3, -0.25) is 0 Å². The highest BCUT2D eigenvalue weighted by Crippen LogP contribution is 2.27. The van der Waals surface area contributed by atoms with E-state index in [1.165, 1.54) is 0 Å². The van der Waals surface area contributed by atoms with Crippen LogP contribution in [0.1, 0.15) is 25.7 Å². The third-order valence-corrected chi connectivity index (χ3v) is 6.02. The fraction of sp³-hybridized carbons (Fsp3) is 0.538. The third kappa shape index (κ3) is 4.00. The van der Waals surface area contributed by atoms with Crippen molar-refractivity contribution in [3.8, 4) is 0 Å². The van der Waals surface area contributed by atoms with Crippen molar-refractivity contribution in [1.29, 1.82) is 0 Å². The Morgan fingerprint density at radius 3 is 2.57 bits per heavy atom. The van der Waals surface area contributed by atoms with Gasteiger partial charge in [0, 0.05) is 17.1 Å². The zero-order valence-electron chi connectivity index (χ0n) is 11.2. The minimum Gasteiger partial charge on any atom is -0.393 e. The maximum Gasteiger partial charge on any atom is 0.244 e. The van der Waals surface area contributed by atoms with Gasteiger partial charge in [0.05, 0.1) is 6.10 Å². The van der Waals surface area contributed by atoms with Crippen LogP contribution in [0.5, 0.6) is 0 Å². The van der Waals surface area contributed by atoms with E-state index in [2.05, 4.69) is 20.7 Å². The fourth-order valence-electron chi connectivity index (χ4n) is 2.50. The lowest BCUT2D eigenvalue weighted by Crippen LogP contribution is -2.37. The van der Waals surface area contributed by atoms with Gasteiger partial charge in [-0.25, -0.2) is 21.9 Å². The van der Waals surface area contributed by atoms with E-state index in [0.29, 0.717) is 12.5 Å². The summed E-state index contributed by atoms with van der Waals surface area (Å²) in [5.41, 5.74) is 0. The van der Waals surface area contributed by atoms with Gasteiger partial charge in [0.25, 0.3) is 0 Å². The van der Waals surface area contributed by atoms with Crippen molar-refractivity contribution >= 4 is 26.0 Å². The van der Waals surface area contributed by atoms with E-state index in [1.807, 2.05) is 0 Å². The molecule has 2 unspecified atom stereocenters. The van der Waals surface area contributed by atoms with Crippen LogP contribution in [0.4, 0.5) is 8.78 Å². The van der Waals surface area contributed by atoms with Crippen molar-refractivity contribution < 1.29 is 22.3 Å². The zero-order chi connectivity index (χ0) is 15.6. The number of hydrogen-bond acceptors (Lipinski definition) is 3. The van der Waals surface area contributed by atoms with Crippen molar-refractivity contribution in [1.82, 2.24) is 4.72 Å². The summed E-state index contributed by atoms with van der Waals surface area (Å²) in [6, 6.07) is 1.42. The molecule has 1 aromatic carbocycles. The Bertz CT molecular complexity index is 601. The van der Waals surface area contributed by atoms with Crippen LogP contribution in [0.25, 0.3) is 0 Å². The molecule has 0 spiro atoms. The largest absolute Gasteiger partial charge is 0.393 e. The van der Waals surface area contributed by atoms with Crippen LogP contribution in [-0.4, -0.2) is 26.2 Å². The first-order valence-corrected chi connectivity index (χ1v) is 8.91. The fourth-order valence-corrected chi connectivity index (χ4v) is 4.76. The van der Waals surface area contributed by atoms with Gasteiger partial charge in [0.15, 0.2) is 0 Å². The van der Waals surface area contributed by atoms with Gasteiger partial charge in [0.1, 0.15) is 16.5 Å². The molecule has 0 aromatic heterocycles. The molecule has 0 aliphatic heterocycles. The summed E-state index contributed by atoms with van der Waals surface area (Å²) in [5.74, 6) is -2.20. The summed E-state index contributed by atoms with van der Waals surface area (Å²) in [7, 11) is -4.11. The molecule has 118 valence electrons. The van der Waals surface area contributed by atoms with Gasteiger partial charge in [-0.15, -0.1) is 0 Å². The quantitative estimate of drug-likeness (QED) is 0.839. The number of benzene rings is 1. The summed E-state index contributed by atoms with van der Waals surface area (Å²) in [6.45, 7) is 0.0345. The highest BCUT2D eigenvalue weighted by atomic mass is 79.9. The molecule has 1 aromatic rings. The second-order valence-electron chi connectivity index (χ2n) is 5.16. The van der Waals surface area contributed by atoms with Gasteiger partial charge in [-0.2, -0.15) is 0 Å². The average Bonchev–Trinajstić information content (AvgIpc) is 2.36. The van der Waals surface area contributed by atoms with Crippen LogP contribution in [0.2, 0.25) is 0 Å². The first-order chi connectivity index (χ1) is 9.81. The molecular formula is C13H16BrF2NO3S. The summed E-state index contributed by atoms with van der Waals surface area (Å²) >= 11 is 2.86. The molecular weight excluding hydrogens is 368 g/mol. The van der Waals surface area contributed by atoms with Gasteiger partial charge < -0.3 is 5.11 Å². The van der Waals surface area contributed by atoms with Crippen molar-refractivity contribution in [2.45, 2.75) is 36.7 Å². The van der Waals surface area contributed by atoms with Crippen molar-refractivity contribution in [3.63, 3.8) is 0 Å². The second kappa shape index (κ2) is 6.68. The number of sulfonamides is 1. The number of halogens is 3. The molecule has 1 saturated carbocycles. The maximum atomic E-state index is 13.7. The first-order valence-electron chi connectivity index (χ1n) is 6.63. The first kappa shape index (κ1) is 16.8. The molecule has 21 heavy (non-hydrogen) atoms. The lowest BCUT2D eigenvalue weighted by molar-refractivity contribution is 0.0724. The number of nitrogens with one attached hydrogen (secondary N) is 1. The Hall–Kier alpha value is -0.570. The molecule has 2 N–H and O–H groups in total. The molecule has 2 rings (SSSR count). The van der Waals surface area contributed by atoms with E-state index < -0.39 is 32.7 Å². The predicted octanol–water partition coefficient (Wildman–Crippen LogP) is 2.56. The smallest absolute Gasteiger partial charge is 0.244 e. The van der Waals surface area contributed by atoms with Gasteiger partial charge >= 0.3 is 0 Å². The molecule has 0 saturated heterocycles. The molecule has 0 heterocycles. The molecule has 2 atom stereocenters. The Morgan fingerprint density at radius 1 is 1.29 bits per heavy atom. The predicted molar refractivity (Wildman–Crippen MR) is 77.2 cm³/mol. The normalized spacial score (nSPS) is 23.2. The second-order valence-corrected chi connectivity index (χ2v) is 7.72. The summed E-state index contributed by atoms with van der Waals surface area (Å²) in [5, 5.41) is 9.81. The van der Waals surface area contributed by atoms with Crippen LogP contribution in [-0.2, 0) is 10.0 Å². The standard InChI is InChI=1S/C13H16BrF2NO3S/c14-10-5-9(15)6-11(16)13(10)21(19,20)17-7-8-3-1-2-4-12(8)18/h5-6,8,12,17-18H,1-4,7H2. The highest BCUT2D eigenvalue weighted by Gasteiger charge is 2.28. The summed E-state index contributed by atoms with van der Waals surface area (Å²) in [6.07, 6.45) is 2.65. The zero-order valence-corrected chi connectivity index (χ0v) is 13.6. The van der Waals surface area contributed by atoms with Crippen LogP contribution in [0.3, 0.4) is 0 Å². The van der Waals surface area contributed by atoms with Crippen LogP contribution < -0.4 is 4.72 Å². The molecule has 4 nitrogen and oxygen atoms in total. The van der Waals surface area contributed by atoms with E-state index in [-0.39, 0.29) is 16.9 Å². The van der Waals surface area contributed by atoms with Crippen LogP contribution in [0, 0.1) is 17.6 Å². The number of rotatable bonds is 4. The maximum absolute atomic E-state index is 13.7. The minimum absolute atomic E-state index is 0.0345. The molecule has 0 amide bonds. The molecule has 8 heteroatoms. The molecule has 0 radical (unpaired) electrons. The SMILES string of the molecule is O=S(=O)(NCC1CCCCC1O)c1c(F)cc(F)cc1Br. The van der Waals surface area contributed by atoms with Crippen molar-refractivity contribution in [2.75, 3.05) is 6.54 Å². The molecule has 1 fully saturated rings. The number of aliphatic hydroxyl groups excluding tert-OH is 1. The van der Waals surface area contributed by atoms with E-state index in [1.54, 1.807) is 0 Å². The van der Waals surface area contributed by atoms with E-state index in [0.717, 1.165) is 25.3 Å². The van der Waals surface area contributed by atoms with Crippen LogP contribution >= 0.6 is 15.9 Å². The monoisotopic (exact) mass is 383 g/mol. The lowest BCUT2D eigenvalue weighted by atomic mass is 9.87. The Morgan fingerprint density at radius 2 is 1.95 bits per heavy atom. The minimum atomic E-state index is -4.11. The summed E-state index contributed by atoms with van der Waals surface area (Å²) in [4.78, 5) is -0.616. The number of hydrogen-bond donors (Lipinski definition) is 2. The lowest BCUT2D eigenvalue weighted by Gasteiger charge is -2.27. The molecule has 0 bridgehead atoms. The molecule has 1 aliphatic rings. The number of aliphatic hydroxyl groups is 1. The van der Waals surface area contributed by atoms with Crippen molar-refractivity contribution in [2.24, 2.45) is 5.92 Å². The van der Waals surface area contributed by atoms with E-state index >= 15 is 0 Å². The van der Waals surface area contributed by atoms with Crippen LogP contribution in [0.15, 0.2) is 21.5 Å². The Labute approximate surface area is 130 Å². The topological polar surface area (TPSA) is 66.4 Å². The van der Waals surface area contributed by atoms with E-state index in [4.69, 9.17) is 0 Å². The third-order valence-electron chi connectivity index (χ3n) is 3.64. The highest BCUT2D eigenvalue weighted by molar-refractivity contribution is 9.10. The molecule has 1 aliphatic carbocycles. The average molecular weight is 384 g/mol. The Balaban J connectivity index is 2.15. The Kier molecular flexibility index (Phi) is 5.34. The van der Waals surface area contributed by atoms with Crippen molar-refractivity contribution in [3.05, 3.63) is 28.2 Å². The summed E-state index contributed by atoms with van der Waals surface area (Å²) < 4.78 is 53.1. The van der Waals surface area contributed by atoms with E-state index in [9.17, 15) is 22.3 Å². The van der Waals surface area contributed by atoms with Gasteiger partial charge in [0.2, 0.25) is 10.0 Å². The van der Waals surface area contributed by atoms with Gasteiger partial charge in [-0.1, -0.05) is 12.8 Å². The van der Waals surface area contributed by atoms with Gasteiger partial charge in [-0.05, 0) is 40.8 Å².